The fraction of sp³-hybridized carbons (Fsp3) is 0.188. The lowest BCUT2D eigenvalue weighted by atomic mass is 10.2. The van der Waals surface area contributed by atoms with E-state index in [1.807, 2.05) is 6.92 Å². The van der Waals surface area contributed by atoms with Crippen molar-refractivity contribution in [2.24, 2.45) is 0 Å². The second-order valence-corrected chi connectivity index (χ2v) is 4.91. The van der Waals surface area contributed by atoms with Gasteiger partial charge in [-0.2, -0.15) is 0 Å². The lowest BCUT2D eigenvalue weighted by Gasteiger charge is -2.17. The zero-order valence-corrected chi connectivity index (χ0v) is 12.2. The molecule has 0 aromatic heterocycles. The Morgan fingerprint density at radius 1 is 1.29 bits per heavy atom. The Labute approximate surface area is 127 Å². The van der Waals surface area contributed by atoms with Crippen LogP contribution in [-0.2, 0) is 4.79 Å². The van der Waals surface area contributed by atoms with Crippen molar-refractivity contribution in [3.05, 3.63) is 59.4 Å². The number of halogens is 2. The zero-order valence-electron chi connectivity index (χ0n) is 11.5. The minimum Gasteiger partial charge on any atom is -0.481 e. The molecule has 2 aromatic carbocycles. The predicted molar refractivity (Wildman–Crippen MR) is 81.2 cm³/mol. The summed E-state index contributed by atoms with van der Waals surface area (Å²) in [6.45, 7) is 1.83. The highest BCUT2D eigenvalue weighted by atomic mass is 35.5. The normalized spacial score (nSPS) is 11.8. The smallest absolute Gasteiger partial charge is 0.265 e. The number of hydrogen-bond donors (Lipinski definition) is 1. The molecule has 0 spiro atoms. The van der Waals surface area contributed by atoms with Gasteiger partial charge in [-0.3, -0.25) is 4.79 Å². The lowest BCUT2D eigenvalue weighted by Crippen LogP contribution is -2.32. The quantitative estimate of drug-likeness (QED) is 0.895. The number of ether oxygens (including phenoxy) is 1. The average molecular weight is 308 g/mol. The summed E-state index contributed by atoms with van der Waals surface area (Å²) in [5, 5.41) is 3.17. The minimum absolute atomic E-state index is 0.330. The molecule has 5 heteroatoms. The van der Waals surface area contributed by atoms with Crippen LogP contribution in [0.15, 0.2) is 48.5 Å². The van der Waals surface area contributed by atoms with Gasteiger partial charge < -0.3 is 10.1 Å². The summed E-state index contributed by atoms with van der Waals surface area (Å²) in [7, 11) is 0. The van der Waals surface area contributed by atoms with Gasteiger partial charge in [-0.1, -0.05) is 30.7 Å². The van der Waals surface area contributed by atoms with E-state index < -0.39 is 11.9 Å². The van der Waals surface area contributed by atoms with E-state index in [4.69, 9.17) is 16.3 Å². The van der Waals surface area contributed by atoms with Crippen LogP contribution in [0.1, 0.15) is 13.3 Å². The first-order valence-electron chi connectivity index (χ1n) is 6.57. The van der Waals surface area contributed by atoms with Crippen LogP contribution in [0.3, 0.4) is 0 Å². The van der Waals surface area contributed by atoms with E-state index in [0.717, 1.165) is 0 Å². The largest absolute Gasteiger partial charge is 0.481 e. The number of nitrogens with one attached hydrogen (secondary N) is 1. The first-order valence-corrected chi connectivity index (χ1v) is 6.95. The molecule has 1 atom stereocenters. The van der Waals surface area contributed by atoms with Gasteiger partial charge in [-0.05, 0) is 42.8 Å². The molecule has 1 N–H and O–H groups in total. The summed E-state index contributed by atoms with van der Waals surface area (Å²) in [5.41, 5.74) is 0.396. The maximum absolute atomic E-state index is 13.1. The van der Waals surface area contributed by atoms with Crippen LogP contribution < -0.4 is 10.1 Å². The lowest BCUT2D eigenvalue weighted by molar-refractivity contribution is -0.122. The van der Waals surface area contributed by atoms with Crippen LogP contribution in [0.25, 0.3) is 0 Å². The van der Waals surface area contributed by atoms with Crippen molar-refractivity contribution in [3.63, 3.8) is 0 Å². The molecule has 21 heavy (non-hydrogen) atoms. The Morgan fingerprint density at radius 2 is 2.05 bits per heavy atom. The standard InChI is InChI=1S/C16H15ClFNO2/c1-2-15(21-14-8-3-5-11(17)9-14)16(20)19-13-7-4-6-12(18)10-13/h3-10,15H,2H2,1H3,(H,19,20). The summed E-state index contributed by atoms with van der Waals surface area (Å²) in [5.74, 6) is -0.219. The van der Waals surface area contributed by atoms with Crippen molar-refractivity contribution in [1.29, 1.82) is 0 Å². The second kappa shape index (κ2) is 7.09. The Morgan fingerprint density at radius 3 is 2.71 bits per heavy atom. The summed E-state index contributed by atoms with van der Waals surface area (Å²) in [6.07, 6.45) is -0.194. The topological polar surface area (TPSA) is 38.3 Å². The Kier molecular flexibility index (Phi) is 5.17. The molecule has 0 saturated carbocycles. The molecule has 3 nitrogen and oxygen atoms in total. The van der Waals surface area contributed by atoms with Crippen molar-refractivity contribution in [2.75, 3.05) is 5.32 Å². The number of carbonyl (C=O) groups excluding carboxylic acids is 1. The highest BCUT2D eigenvalue weighted by Crippen LogP contribution is 2.20. The van der Waals surface area contributed by atoms with Gasteiger partial charge in [-0.25, -0.2) is 4.39 Å². The van der Waals surface area contributed by atoms with E-state index in [1.165, 1.54) is 18.2 Å². The van der Waals surface area contributed by atoms with Gasteiger partial charge in [0.2, 0.25) is 0 Å². The third-order valence-electron chi connectivity index (χ3n) is 2.83. The molecule has 0 aliphatic carbocycles. The molecule has 2 aromatic rings. The molecule has 110 valence electrons. The van der Waals surface area contributed by atoms with Crippen LogP contribution in [0.2, 0.25) is 5.02 Å². The number of anilines is 1. The van der Waals surface area contributed by atoms with E-state index in [2.05, 4.69) is 5.32 Å². The second-order valence-electron chi connectivity index (χ2n) is 4.47. The van der Waals surface area contributed by atoms with Crippen molar-refractivity contribution in [3.8, 4) is 5.75 Å². The van der Waals surface area contributed by atoms with Crippen LogP contribution in [-0.4, -0.2) is 12.0 Å². The van der Waals surface area contributed by atoms with Gasteiger partial charge in [0.25, 0.3) is 5.91 Å². The molecule has 2 rings (SSSR count). The van der Waals surface area contributed by atoms with Crippen LogP contribution in [0, 0.1) is 5.82 Å². The molecular weight excluding hydrogens is 293 g/mol. The molecule has 0 heterocycles. The molecule has 0 aliphatic heterocycles. The van der Waals surface area contributed by atoms with Crippen LogP contribution >= 0.6 is 11.6 Å². The third kappa shape index (κ3) is 4.46. The Hall–Kier alpha value is -2.07. The highest BCUT2D eigenvalue weighted by Gasteiger charge is 2.18. The molecule has 1 unspecified atom stereocenters. The maximum Gasteiger partial charge on any atom is 0.265 e. The average Bonchev–Trinajstić information content (AvgIpc) is 2.44. The molecule has 1 amide bonds. The van der Waals surface area contributed by atoms with Gasteiger partial charge in [0, 0.05) is 10.7 Å². The number of hydrogen-bond acceptors (Lipinski definition) is 2. The van der Waals surface area contributed by atoms with Crippen LogP contribution in [0.4, 0.5) is 10.1 Å². The van der Waals surface area contributed by atoms with Crippen molar-refractivity contribution in [1.82, 2.24) is 0 Å². The highest BCUT2D eigenvalue weighted by molar-refractivity contribution is 6.30. The first-order chi connectivity index (χ1) is 10.1. The zero-order chi connectivity index (χ0) is 15.2. The Bertz CT molecular complexity index is 633. The van der Waals surface area contributed by atoms with Crippen LogP contribution in [0.5, 0.6) is 5.75 Å². The predicted octanol–water partition coefficient (Wildman–Crippen LogP) is 4.28. The molecular formula is C16H15ClFNO2. The fourth-order valence-corrected chi connectivity index (χ4v) is 2.00. The van der Waals surface area contributed by atoms with E-state index >= 15 is 0 Å². The fourth-order valence-electron chi connectivity index (χ4n) is 1.82. The summed E-state index contributed by atoms with van der Waals surface area (Å²) in [6, 6.07) is 12.6. The van der Waals surface area contributed by atoms with Gasteiger partial charge in [0.05, 0.1) is 0 Å². The summed E-state index contributed by atoms with van der Waals surface area (Å²) >= 11 is 5.88. The van der Waals surface area contributed by atoms with E-state index in [-0.39, 0.29) is 5.91 Å². The molecule has 0 bridgehead atoms. The molecule has 0 saturated heterocycles. The van der Waals surface area contributed by atoms with E-state index in [0.29, 0.717) is 22.9 Å². The molecule has 0 radical (unpaired) electrons. The van der Waals surface area contributed by atoms with Crippen molar-refractivity contribution in [2.45, 2.75) is 19.4 Å². The van der Waals surface area contributed by atoms with Gasteiger partial charge in [-0.15, -0.1) is 0 Å². The van der Waals surface area contributed by atoms with Gasteiger partial charge in [0.15, 0.2) is 6.10 Å². The number of rotatable bonds is 5. The Balaban J connectivity index is 2.05. The number of carbonyl (C=O) groups is 1. The maximum atomic E-state index is 13.1. The number of benzene rings is 2. The van der Waals surface area contributed by atoms with E-state index in [9.17, 15) is 9.18 Å². The number of amides is 1. The van der Waals surface area contributed by atoms with E-state index in [1.54, 1.807) is 30.3 Å². The molecule has 0 aliphatic rings. The van der Waals surface area contributed by atoms with Crippen molar-refractivity contribution >= 4 is 23.2 Å². The minimum atomic E-state index is -0.674. The summed E-state index contributed by atoms with van der Waals surface area (Å²) < 4.78 is 18.7. The third-order valence-corrected chi connectivity index (χ3v) is 3.06. The summed E-state index contributed by atoms with van der Waals surface area (Å²) in [4.78, 5) is 12.2. The first kappa shape index (κ1) is 15.3. The monoisotopic (exact) mass is 307 g/mol. The van der Waals surface area contributed by atoms with Gasteiger partial charge >= 0.3 is 0 Å². The SMILES string of the molecule is CCC(Oc1cccc(Cl)c1)C(=O)Nc1cccc(F)c1. The molecule has 0 fully saturated rings. The van der Waals surface area contributed by atoms with Crippen molar-refractivity contribution < 1.29 is 13.9 Å². The van der Waals surface area contributed by atoms with Gasteiger partial charge in [0.1, 0.15) is 11.6 Å².